The summed E-state index contributed by atoms with van der Waals surface area (Å²) in [6.45, 7) is 17.0. The van der Waals surface area contributed by atoms with Crippen LogP contribution >= 0.6 is 0 Å². The molecule has 1 heterocycles. The van der Waals surface area contributed by atoms with Crippen LogP contribution in [0.1, 0.15) is 47.5 Å². The number of nitrogens with one attached hydrogen (secondary N) is 1. The Morgan fingerprint density at radius 3 is 2.35 bits per heavy atom. The van der Waals surface area contributed by atoms with Gasteiger partial charge in [-0.05, 0) is 23.2 Å². The molecule has 0 aromatic rings. The highest BCUT2D eigenvalue weighted by atomic mass is 15.2. The van der Waals surface area contributed by atoms with Gasteiger partial charge in [0.05, 0.1) is 0 Å². The third-order valence-electron chi connectivity index (χ3n) is 5.74. The Hall–Kier alpha value is -0.0800. The van der Waals surface area contributed by atoms with Crippen molar-refractivity contribution in [2.75, 3.05) is 26.2 Å². The van der Waals surface area contributed by atoms with Gasteiger partial charge in [0.1, 0.15) is 0 Å². The smallest absolute Gasteiger partial charge is 0.0195 e. The van der Waals surface area contributed by atoms with Gasteiger partial charge in [-0.25, -0.2) is 0 Å². The van der Waals surface area contributed by atoms with Crippen LogP contribution in [0.5, 0.6) is 0 Å². The van der Waals surface area contributed by atoms with Gasteiger partial charge in [-0.3, -0.25) is 0 Å². The molecule has 1 aliphatic heterocycles. The molecule has 1 saturated heterocycles. The molecule has 0 radical (unpaired) electrons. The minimum atomic E-state index is 0.540. The molecule has 0 amide bonds. The van der Waals surface area contributed by atoms with Crippen LogP contribution in [0.3, 0.4) is 0 Å². The van der Waals surface area contributed by atoms with E-state index >= 15 is 0 Å². The van der Waals surface area contributed by atoms with E-state index in [1.807, 2.05) is 0 Å². The van der Waals surface area contributed by atoms with Crippen molar-refractivity contribution in [2.45, 2.75) is 53.5 Å². The molecule has 100 valence electrons. The lowest BCUT2D eigenvalue weighted by molar-refractivity contribution is 0.178. The van der Waals surface area contributed by atoms with Crippen molar-refractivity contribution in [2.24, 2.45) is 16.7 Å². The Kier molecular flexibility index (Phi) is 3.57. The topological polar surface area (TPSA) is 15.3 Å². The van der Waals surface area contributed by atoms with Gasteiger partial charge in [0.2, 0.25) is 0 Å². The molecule has 1 atom stereocenters. The fourth-order valence-corrected chi connectivity index (χ4v) is 3.65. The molecule has 2 nitrogen and oxygen atoms in total. The number of hydrogen-bond donors (Lipinski definition) is 1. The SMILES string of the molecule is CCCC1CN(CC2C(C)(C)C2(C)C)CCN1. The molecule has 0 spiro atoms. The normalized spacial score (nSPS) is 32.6. The second kappa shape index (κ2) is 4.55. The standard InChI is InChI=1S/C15H30N2/c1-6-7-12-10-17(9-8-16-12)11-13-14(2,3)15(13,4)5/h12-13,16H,6-11H2,1-5H3. The fraction of sp³-hybridized carbons (Fsp3) is 1.00. The lowest BCUT2D eigenvalue weighted by Gasteiger charge is -2.34. The molecule has 1 saturated carbocycles. The van der Waals surface area contributed by atoms with Gasteiger partial charge in [-0.1, -0.05) is 41.0 Å². The van der Waals surface area contributed by atoms with Crippen LogP contribution in [0.4, 0.5) is 0 Å². The predicted molar refractivity (Wildman–Crippen MR) is 74.2 cm³/mol. The van der Waals surface area contributed by atoms with Crippen LogP contribution in [0, 0.1) is 16.7 Å². The summed E-state index contributed by atoms with van der Waals surface area (Å²) in [6, 6.07) is 0.735. The van der Waals surface area contributed by atoms with E-state index in [1.165, 1.54) is 39.0 Å². The van der Waals surface area contributed by atoms with E-state index in [2.05, 4.69) is 44.8 Å². The minimum absolute atomic E-state index is 0.540. The summed E-state index contributed by atoms with van der Waals surface area (Å²) in [7, 11) is 0. The maximum Gasteiger partial charge on any atom is 0.0195 e. The quantitative estimate of drug-likeness (QED) is 0.810. The van der Waals surface area contributed by atoms with Gasteiger partial charge >= 0.3 is 0 Å². The molecular weight excluding hydrogens is 208 g/mol. The summed E-state index contributed by atoms with van der Waals surface area (Å²) in [6.07, 6.45) is 2.62. The molecule has 1 N–H and O–H groups in total. The van der Waals surface area contributed by atoms with Crippen molar-refractivity contribution < 1.29 is 0 Å². The average molecular weight is 238 g/mol. The monoisotopic (exact) mass is 238 g/mol. The molecule has 0 aromatic heterocycles. The van der Waals surface area contributed by atoms with Crippen LogP contribution in [0.15, 0.2) is 0 Å². The van der Waals surface area contributed by atoms with Gasteiger partial charge in [0.15, 0.2) is 0 Å². The second-order valence-electron chi connectivity index (χ2n) is 7.20. The number of nitrogens with zero attached hydrogens (tertiary/aromatic N) is 1. The van der Waals surface area contributed by atoms with Crippen LogP contribution in [-0.2, 0) is 0 Å². The minimum Gasteiger partial charge on any atom is -0.311 e. The van der Waals surface area contributed by atoms with Crippen molar-refractivity contribution in [1.29, 1.82) is 0 Å². The van der Waals surface area contributed by atoms with Crippen molar-refractivity contribution in [3.05, 3.63) is 0 Å². The average Bonchev–Trinajstić information content (AvgIpc) is 2.62. The molecule has 2 rings (SSSR count). The maximum atomic E-state index is 3.64. The number of rotatable bonds is 4. The Morgan fingerprint density at radius 1 is 1.18 bits per heavy atom. The molecule has 2 aliphatic rings. The Bertz CT molecular complexity index is 254. The Balaban J connectivity index is 1.84. The molecule has 2 fully saturated rings. The predicted octanol–water partition coefficient (Wildman–Crippen LogP) is 2.74. The third kappa shape index (κ3) is 2.39. The van der Waals surface area contributed by atoms with Gasteiger partial charge in [0, 0.05) is 32.2 Å². The van der Waals surface area contributed by atoms with Gasteiger partial charge in [-0.15, -0.1) is 0 Å². The molecule has 0 aromatic carbocycles. The highest BCUT2D eigenvalue weighted by Crippen LogP contribution is 2.68. The second-order valence-corrected chi connectivity index (χ2v) is 7.20. The van der Waals surface area contributed by atoms with E-state index in [-0.39, 0.29) is 0 Å². The van der Waals surface area contributed by atoms with E-state index in [0.29, 0.717) is 10.8 Å². The first kappa shape index (κ1) is 13.4. The highest BCUT2D eigenvalue weighted by molar-refractivity contribution is 5.13. The van der Waals surface area contributed by atoms with Gasteiger partial charge in [-0.2, -0.15) is 0 Å². The molecular formula is C15H30N2. The van der Waals surface area contributed by atoms with E-state index in [0.717, 1.165) is 12.0 Å². The summed E-state index contributed by atoms with van der Waals surface area (Å²) in [4.78, 5) is 2.69. The number of piperazine rings is 1. The van der Waals surface area contributed by atoms with Crippen LogP contribution in [-0.4, -0.2) is 37.1 Å². The summed E-state index contributed by atoms with van der Waals surface area (Å²) < 4.78 is 0. The fourth-order valence-electron chi connectivity index (χ4n) is 3.65. The summed E-state index contributed by atoms with van der Waals surface area (Å²) >= 11 is 0. The van der Waals surface area contributed by atoms with Gasteiger partial charge < -0.3 is 10.2 Å². The van der Waals surface area contributed by atoms with E-state index in [9.17, 15) is 0 Å². The van der Waals surface area contributed by atoms with Crippen LogP contribution in [0.25, 0.3) is 0 Å². The van der Waals surface area contributed by atoms with Crippen LogP contribution < -0.4 is 5.32 Å². The first-order chi connectivity index (χ1) is 7.89. The first-order valence-corrected chi connectivity index (χ1v) is 7.35. The zero-order valence-corrected chi connectivity index (χ0v) is 12.3. The molecule has 2 heteroatoms. The van der Waals surface area contributed by atoms with E-state index in [4.69, 9.17) is 0 Å². The summed E-state index contributed by atoms with van der Waals surface area (Å²) in [5.74, 6) is 0.885. The van der Waals surface area contributed by atoms with Crippen molar-refractivity contribution in [1.82, 2.24) is 10.2 Å². The number of hydrogen-bond acceptors (Lipinski definition) is 2. The lowest BCUT2D eigenvalue weighted by atomic mass is 10.0. The van der Waals surface area contributed by atoms with Gasteiger partial charge in [0.25, 0.3) is 0 Å². The maximum absolute atomic E-state index is 3.64. The van der Waals surface area contributed by atoms with E-state index in [1.54, 1.807) is 0 Å². The highest BCUT2D eigenvalue weighted by Gasteiger charge is 2.64. The molecule has 1 aliphatic carbocycles. The zero-order chi connectivity index (χ0) is 12.7. The Morgan fingerprint density at radius 2 is 1.82 bits per heavy atom. The Labute approximate surface area is 107 Å². The summed E-state index contributed by atoms with van der Waals surface area (Å²) in [5.41, 5.74) is 1.08. The van der Waals surface area contributed by atoms with Crippen LogP contribution in [0.2, 0.25) is 0 Å². The molecule has 17 heavy (non-hydrogen) atoms. The van der Waals surface area contributed by atoms with Crippen molar-refractivity contribution >= 4 is 0 Å². The summed E-state index contributed by atoms with van der Waals surface area (Å²) in [5, 5.41) is 3.64. The molecule has 1 unspecified atom stereocenters. The van der Waals surface area contributed by atoms with Crippen molar-refractivity contribution in [3.63, 3.8) is 0 Å². The largest absolute Gasteiger partial charge is 0.311 e. The third-order valence-corrected chi connectivity index (χ3v) is 5.74. The van der Waals surface area contributed by atoms with E-state index < -0.39 is 0 Å². The zero-order valence-electron chi connectivity index (χ0n) is 12.3. The first-order valence-electron chi connectivity index (χ1n) is 7.35. The lowest BCUT2D eigenvalue weighted by Crippen LogP contribution is -2.51. The van der Waals surface area contributed by atoms with Crippen molar-refractivity contribution in [3.8, 4) is 0 Å². The molecule has 0 bridgehead atoms.